The number of carbonyl (C=O) groups is 2. The van der Waals surface area contributed by atoms with Crippen LogP contribution in [-0.2, 0) is 24.3 Å². The van der Waals surface area contributed by atoms with Gasteiger partial charge in [0.1, 0.15) is 0 Å². The standard InChI is InChI=1S/C22H40N4O6S/c1-24(19-7-3-2-4-8-19)20(27)9-5-6-12-25-13-15-26(16-14-25)33(30,31)22(21(28)23-29)10-17-32-18-11-22/h19,29H,2-18H2,1H3,(H,23,28). The fourth-order valence-corrected chi connectivity index (χ4v) is 7.41. The van der Waals surface area contributed by atoms with E-state index >= 15 is 0 Å². The monoisotopic (exact) mass is 488 g/mol. The SMILES string of the molecule is CN(C(=O)CCCCN1CCN(S(=O)(=O)C2(C(=O)NO)CCOCC2)CC1)C1CCCCC1. The van der Waals surface area contributed by atoms with Gasteiger partial charge < -0.3 is 14.5 Å². The second kappa shape index (κ2) is 11.9. The third-order valence-corrected chi connectivity index (χ3v) is 10.2. The van der Waals surface area contributed by atoms with E-state index in [1.54, 1.807) is 5.48 Å². The highest BCUT2D eigenvalue weighted by Gasteiger charge is 2.54. The molecule has 33 heavy (non-hydrogen) atoms. The molecular formula is C22H40N4O6S. The lowest BCUT2D eigenvalue weighted by atomic mass is 9.94. The molecule has 0 spiro atoms. The largest absolute Gasteiger partial charge is 0.381 e. The topological polar surface area (TPSA) is 119 Å². The predicted molar refractivity (Wildman–Crippen MR) is 123 cm³/mol. The molecule has 190 valence electrons. The summed E-state index contributed by atoms with van der Waals surface area (Å²) in [4.78, 5) is 29.0. The zero-order valence-electron chi connectivity index (χ0n) is 19.8. The number of rotatable bonds is 9. The number of hydroxylamine groups is 1. The van der Waals surface area contributed by atoms with Gasteiger partial charge in [0.05, 0.1) is 0 Å². The quantitative estimate of drug-likeness (QED) is 0.282. The van der Waals surface area contributed by atoms with Gasteiger partial charge in [-0.25, -0.2) is 13.9 Å². The molecule has 1 aliphatic carbocycles. The van der Waals surface area contributed by atoms with E-state index in [0.717, 1.165) is 32.2 Å². The van der Waals surface area contributed by atoms with Crippen LogP contribution in [0.15, 0.2) is 0 Å². The fraction of sp³-hybridized carbons (Fsp3) is 0.909. The number of carbonyl (C=O) groups excluding carboxylic acids is 2. The third-order valence-electron chi connectivity index (χ3n) is 7.61. The Bertz CT molecular complexity index is 757. The van der Waals surface area contributed by atoms with E-state index in [2.05, 4.69) is 4.90 Å². The fourth-order valence-electron chi connectivity index (χ4n) is 5.31. The molecule has 3 fully saturated rings. The minimum Gasteiger partial charge on any atom is -0.381 e. The van der Waals surface area contributed by atoms with Crippen molar-refractivity contribution in [1.29, 1.82) is 0 Å². The van der Waals surface area contributed by atoms with Crippen molar-refractivity contribution in [2.75, 3.05) is 53.0 Å². The molecule has 0 atom stereocenters. The average Bonchev–Trinajstić information content (AvgIpc) is 2.86. The maximum atomic E-state index is 13.3. The molecular weight excluding hydrogens is 448 g/mol. The van der Waals surface area contributed by atoms with Crippen molar-refractivity contribution in [2.45, 2.75) is 75.0 Å². The maximum absolute atomic E-state index is 13.3. The molecule has 3 rings (SSSR count). The van der Waals surface area contributed by atoms with E-state index in [4.69, 9.17) is 9.94 Å². The van der Waals surface area contributed by atoms with E-state index in [-0.39, 0.29) is 32.0 Å². The molecule has 2 aliphatic heterocycles. The van der Waals surface area contributed by atoms with Crippen LogP contribution in [0, 0.1) is 0 Å². The lowest BCUT2D eigenvalue weighted by molar-refractivity contribution is -0.134. The number of hydrogen-bond acceptors (Lipinski definition) is 7. The van der Waals surface area contributed by atoms with Crippen LogP contribution in [0.4, 0.5) is 0 Å². The van der Waals surface area contributed by atoms with Gasteiger partial charge in [0.25, 0.3) is 5.91 Å². The number of unbranched alkanes of at least 4 members (excludes halogenated alkanes) is 1. The van der Waals surface area contributed by atoms with Gasteiger partial charge in [-0.2, -0.15) is 4.31 Å². The second-order valence-electron chi connectivity index (χ2n) is 9.55. The predicted octanol–water partition coefficient (Wildman–Crippen LogP) is 0.950. The average molecular weight is 489 g/mol. The second-order valence-corrected chi connectivity index (χ2v) is 11.8. The Morgan fingerprint density at radius 2 is 1.70 bits per heavy atom. The number of amides is 2. The van der Waals surface area contributed by atoms with E-state index in [1.807, 2.05) is 11.9 Å². The van der Waals surface area contributed by atoms with Crippen molar-refractivity contribution < 1.29 is 28.0 Å². The van der Waals surface area contributed by atoms with Crippen LogP contribution in [0.3, 0.4) is 0 Å². The van der Waals surface area contributed by atoms with Crippen LogP contribution in [-0.4, -0.2) is 103 Å². The highest BCUT2D eigenvalue weighted by Crippen LogP contribution is 2.33. The summed E-state index contributed by atoms with van der Waals surface area (Å²) in [6.07, 6.45) is 8.27. The Morgan fingerprint density at radius 3 is 2.30 bits per heavy atom. The Kier molecular flexibility index (Phi) is 9.52. The van der Waals surface area contributed by atoms with Gasteiger partial charge in [-0.1, -0.05) is 19.3 Å². The van der Waals surface area contributed by atoms with Crippen LogP contribution in [0.1, 0.15) is 64.2 Å². The highest BCUT2D eigenvalue weighted by molar-refractivity contribution is 7.91. The molecule has 0 aromatic heterocycles. The van der Waals surface area contributed by atoms with Crippen LogP contribution >= 0.6 is 0 Å². The summed E-state index contributed by atoms with van der Waals surface area (Å²) in [6.45, 7) is 2.96. The summed E-state index contributed by atoms with van der Waals surface area (Å²) in [5, 5.41) is 9.17. The van der Waals surface area contributed by atoms with E-state index in [0.29, 0.717) is 38.6 Å². The number of piperazine rings is 1. The zero-order valence-corrected chi connectivity index (χ0v) is 20.7. The smallest absolute Gasteiger partial charge is 0.266 e. The number of nitrogens with zero attached hydrogens (tertiary/aromatic N) is 3. The van der Waals surface area contributed by atoms with Crippen LogP contribution in [0.2, 0.25) is 0 Å². The van der Waals surface area contributed by atoms with E-state index < -0.39 is 20.7 Å². The van der Waals surface area contributed by atoms with Gasteiger partial charge in [0, 0.05) is 71.7 Å². The molecule has 10 nitrogen and oxygen atoms in total. The molecule has 0 radical (unpaired) electrons. The first kappa shape index (κ1) is 26.3. The van der Waals surface area contributed by atoms with Crippen molar-refractivity contribution in [3.8, 4) is 0 Å². The van der Waals surface area contributed by atoms with Gasteiger partial charge in [0.2, 0.25) is 15.9 Å². The number of hydrogen-bond donors (Lipinski definition) is 2. The molecule has 0 aromatic carbocycles. The van der Waals surface area contributed by atoms with Gasteiger partial charge in [0.15, 0.2) is 4.75 Å². The molecule has 11 heteroatoms. The highest BCUT2D eigenvalue weighted by atomic mass is 32.2. The lowest BCUT2D eigenvalue weighted by Gasteiger charge is -2.41. The van der Waals surface area contributed by atoms with Crippen molar-refractivity contribution in [1.82, 2.24) is 19.6 Å². The maximum Gasteiger partial charge on any atom is 0.266 e. The summed E-state index contributed by atoms with van der Waals surface area (Å²) in [7, 11) is -2.00. The molecule has 2 amide bonds. The lowest BCUT2D eigenvalue weighted by Crippen LogP contribution is -2.62. The minimum atomic E-state index is -3.93. The molecule has 0 bridgehead atoms. The number of ether oxygens (including phenoxy) is 1. The first-order valence-electron chi connectivity index (χ1n) is 12.3. The van der Waals surface area contributed by atoms with E-state index in [1.165, 1.54) is 23.6 Å². The van der Waals surface area contributed by atoms with Crippen LogP contribution < -0.4 is 5.48 Å². The van der Waals surface area contributed by atoms with Crippen molar-refractivity contribution in [2.24, 2.45) is 0 Å². The van der Waals surface area contributed by atoms with E-state index in [9.17, 15) is 18.0 Å². The van der Waals surface area contributed by atoms with Crippen LogP contribution in [0.5, 0.6) is 0 Å². The van der Waals surface area contributed by atoms with Crippen molar-refractivity contribution in [3.05, 3.63) is 0 Å². The minimum absolute atomic E-state index is 0.0330. The Hall–Kier alpha value is -1.27. The van der Waals surface area contributed by atoms with Gasteiger partial charge in [-0.3, -0.25) is 14.8 Å². The summed E-state index contributed by atoms with van der Waals surface area (Å²) < 4.78 is 31.6. The van der Waals surface area contributed by atoms with Gasteiger partial charge in [-0.15, -0.1) is 0 Å². The van der Waals surface area contributed by atoms with Crippen LogP contribution in [0.25, 0.3) is 0 Å². The number of sulfonamides is 1. The van der Waals surface area contributed by atoms with Crippen molar-refractivity contribution in [3.63, 3.8) is 0 Å². The Morgan fingerprint density at radius 1 is 1.06 bits per heavy atom. The Labute approximate surface area is 197 Å². The molecule has 0 unspecified atom stereocenters. The molecule has 0 aromatic rings. The normalized spacial score (nSPS) is 23.2. The third kappa shape index (κ3) is 6.05. The molecule has 1 saturated carbocycles. The summed E-state index contributed by atoms with van der Waals surface area (Å²) in [6, 6.07) is 0.396. The molecule has 2 saturated heterocycles. The molecule has 2 heterocycles. The zero-order chi connectivity index (χ0) is 23.9. The summed E-state index contributed by atoms with van der Waals surface area (Å²) in [5.41, 5.74) is 1.56. The summed E-state index contributed by atoms with van der Waals surface area (Å²) >= 11 is 0. The first-order valence-corrected chi connectivity index (χ1v) is 13.8. The summed E-state index contributed by atoms with van der Waals surface area (Å²) in [5.74, 6) is -0.655. The molecule has 2 N–H and O–H groups in total. The van der Waals surface area contributed by atoms with Crippen molar-refractivity contribution >= 4 is 21.8 Å². The van der Waals surface area contributed by atoms with Gasteiger partial charge >= 0.3 is 0 Å². The Balaban J connectivity index is 1.42. The molecule has 3 aliphatic rings. The first-order chi connectivity index (χ1) is 15.8. The number of nitrogens with one attached hydrogen (secondary N) is 1. The van der Waals surface area contributed by atoms with Gasteiger partial charge in [-0.05, 0) is 32.2 Å².